The zero-order chi connectivity index (χ0) is 17.0. The van der Waals surface area contributed by atoms with Gasteiger partial charge in [0.15, 0.2) is 0 Å². The van der Waals surface area contributed by atoms with E-state index in [4.69, 9.17) is 4.74 Å². The maximum atomic E-state index is 12.5. The molecule has 1 aromatic heterocycles. The number of rotatable bonds is 4. The lowest BCUT2D eigenvalue weighted by Crippen LogP contribution is -2.45. The van der Waals surface area contributed by atoms with Gasteiger partial charge < -0.3 is 20.1 Å². The number of nitrogens with zero attached hydrogens (tertiary/aromatic N) is 2. The van der Waals surface area contributed by atoms with E-state index in [0.717, 1.165) is 29.4 Å². The van der Waals surface area contributed by atoms with Crippen LogP contribution in [0.1, 0.15) is 12.8 Å². The fraction of sp³-hybridized carbons (Fsp3) is 0.444. The summed E-state index contributed by atoms with van der Waals surface area (Å²) in [6.45, 7) is 1.84. The molecule has 24 heavy (non-hydrogen) atoms. The van der Waals surface area contributed by atoms with Crippen LogP contribution in [0.25, 0.3) is 10.9 Å². The lowest BCUT2D eigenvalue weighted by molar-refractivity contribution is -0.0255. The highest BCUT2D eigenvalue weighted by atomic mass is 16.5. The second kappa shape index (κ2) is 7.15. The third-order valence-electron chi connectivity index (χ3n) is 4.66. The molecule has 0 spiro atoms. The Morgan fingerprint density at radius 1 is 1.38 bits per heavy atom. The first kappa shape index (κ1) is 16.7. The summed E-state index contributed by atoms with van der Waals surface area (Å²) in [5.41, 5.74) is 1.36. The Labute approximate surface area is 141 Å². The number of aromatic nitrogens is 1. The van der Waals surface area contributed by atoms with Crippen LogP contribution in [-0.2, 0) is 4.74 Å². The van der Waals surface area contributed by atoms with Gasteiger partial charge in [-0.1, -0.05) is 6.07 Å². The summed E-state index contributed by atoms with van der Waals surface area (Å²) in [5.74, 6) is 0. The minimum absolute atomic E-state index is 0.0651. The number of aliphatic hydroxyl groups is 1. The van der Waals surface area contributed by atoms with Crippen LogP contribution in [0.3, 0.4) is 0 Å². The summed E-state index contributed by atoms with van der Waals surface area (Å²) in [4.78, 5) is 18.4. The SMILES string of the molecule is CN(CC1(CO)CCOCC1)C(=O)Nc1ccc2ncccc2c1. The quantitative estimate of drug-likeness (QED) is 0.904. The highest BCUT2D eigenvalue weighted by molar-refractivity contribution is 5.92. The standard InChI is InChI=1S/C18H23N3O3/c1-21(12-18(13-22)6-9-24-10-7-18)17(23)20-15-4-5-16-14(11-15)3-2-8-19-16/h2-5,8,11,22H,6-7,9-10,12-13H2,1H3,(H,20,23). The lowest BCUT2D eigenvalue weighted by Gasteiger charge is -2.38. The van der Waals surface area contributed by atoms with Gasteiger partial charge >= 0.3 is 6.03 Å². The van der Waals surface area contributed by atoms with Crippen LogP contribution in [0.5, 0.6) is 0 Å². The van der Waals surface area contributed by atoms with Gasteiger partial charge in [0.1, 0.15) is 0 Å². The Hall–Kier alpha value is -2.18. The number of hydrogen-bond donors (Lipinski definition) is 2. The molecular weight excluding hydrogens is 306 g/mol. The minimum atomic E-state index is -0.266. The second-order valence-corrected chi connectivity index (χ2v) is 6.47. The van der Waals surface area contributed by atoms with E-state index < -0.39 is 0 Å². The fourth-order valence-corrected chi connectivity index (χ4v) is 3.12. The molecular formula is C18H23N3O3. The van der Waals surface area contributed by atoms with Crippen molar-refractivity contribution in [2.45, 2.75) is 12.8 Å². The molecule has 1 aliphatic heterocycles. The van der Waals surface area contributed by atoms with Gasteiger partial charge in [-0.2, -0.15) is 0 Å². The van der Waals surface area contributed by atoms with Gasteiger partial charge in [-0.15, -0.1) is 0 Å². The molecule has 2 N–H and O–H groups in total. The summed E-state index contributed by atoms with van der Waals surface area (Å²) >= 11 is 0. The number of nitrogens with one attached hydrogen (secondary N) is 1. The molecule has 1 aliphatic rings. The second-order valence-electron chi connectivity index (χ2n) is 6.47. The van der Waals surface area contributed by atoms with Crippen molar-refractivity contribution in [3.63, 3.8) is 0 Å². The summed E-state index contributed by atoms with van der Waals surface area (Å²) in [7, 11) is 1.75. The average molecular weight is 329 g/mol. The number of pyridine rings is 1. The molecule has 0 aliphatic carbocycles. The summed E-state index contributed by atoms with van der Waals surface area (Å²) < 4.78 is 5.37. The number of fused-ring (bicyclic) bond motifs is 1. The number of carbonyl (C=O) groups excluding carboxylic acids is 1. The van der Waals surface area contributed by atoms with Crippen molar-refractivity contribution in [1.29, 1.82) is 0 Å². The molecule has 6 heteroatoms. The summed E-state index contributed by atoms with van der Waals surface area (Å²) in [5, 5.41) is 13.7. The summed E-state index contributed by atoms with van der Waals surface area (Å²) in [6.07, 6.45) is 3.28. The Morgan fingerprint density at radius 2 is 2.17 bits per heavy atom. The van der Waals surface area contributed by atoms with Crippen LogP contribution >= 0.6 is 0 Å². The van der Waals surface area contributed by atoms with E-state index in [-0.39, 0.29) is 18.1 Å². The number of urea groups is 1. The van der Waals surface area contributed by atoms with Crippen LogP contribution < -0.4 is 5.32 Å². The van der Waals surface area contributed by atoms with Crippen molar-refractivity contribution < 1.29 is 14.6 Å². The summed E-state index contributed by atoms with van der Waals surface area (Å²) in [6, 6.07) is 9.29. The van der Waals surface area contributed by atoms with Crippen LogP contribution in [0.4, 0.5) is 10.5 Å². The van der Waals surface area contributed by atoms with E-state index in [9.17, 15) is 9.90 Å². The highest BCUT2D eigenvalue weighted by Gasteiger charge is 2.34. The predicted molar refractivity (Wildman–Crippen MR) is 93.0 cm³/mol. The number of aliphatic hydroxyl groups excluding tert-OH is 1. The Balaban J connectivity index is 1.66. The van der Waals surface area contributed by atoms with Crippen molar-refractivity contribution in [2.24, 2.45) is 5.41 Å². The first-order valence-corrected chi connectivity index (χ1v) is 8.17. The Bertz CT molecular complexity index is 713. The van der Waals surface area contributed by atoms with E-state index in [1.54, 1.807) is 18.1 Å². The third kappa shape index (κ3) is 3.66. The van der Waals surface area contributed by atoms with E-state index in [2.05, 4.69) is 10.3 Å². The van der Waals surface area contributed by atoms with Gasteiger partial charge in [-0.25, -0.2) is 4.79 Å². The molecule has 0 saturated carbocycles. The molecule has 1 saturated heterocycles. The van der Waals surface area contributed by atoms with Gasteiger partial charge in [-0.05, 0) is 37.1 Å². The number of amides is 2. The van der Waals surface area contributed by atoms with Gasteiger partial charge in [0, 0.05) is 49.5 Å². The average Bonchev–Trinajstić information content (AvgIpc) is 2.62. The third-order valence-corrected chi connectivity index (χ3v) is 4.66. The smallest absolute Gasteiger partial charge is 0.321 e. The molecule has 0 unspecified atom stereocenters. The molecule has 128 valence electrons. The first-order chi connectivity index (χ1) is 11.6. The van der Waals surface area contributed by atoms with Crippen LogP contribution in [0, 0.1) is 5.41 Å². The van der Waals surface area contributed by atoms with Crippen LogP contribution in [0.2, 0.25) is 0 Å². The Morgan fingerprint density at radius 3 is 2.92 bits per heavy atom. The highest BCUT2D eigenvalue weighted by Crippen LogP contribution is 2.30. The number of carbonyl (C=O) groups is 1. The maximum absolute atomic E-state index is 12.5. The molecule has 0 radical (unpaired) electrons. The molecule has 1 fully saturated rings. The van der Waals surface area contributed by atoms with Gasteiger partial charge in [-0.3, -0.25) is 4.98 Å². The van der Waals surface area contributed by atoms with E-state index in [0.29, 0.717) is 19.8 Å². The normalized spacial score (nSPS) is 16.8. The Kier molecular flexibility index (Phi) is 4.97. The molecule has 1 aromatic carbocycles. The van der Waals surface area contributed by atoms with Crippen LogP contribution in [0.15, 0.2) is 36.5 Å². The van der Waals surface area contributed by atoms with Gasteiger partial charge in [0.2, 0.25) is 0 Å². The van der Waals surface area contributed by atoms with Crippen LogP contribution in [-0.4, -0.2) is 54.4 Å². The van der Waals surface area contributed by atoms with Crippen molar-refractivity contribution >= 4 is 22.6 Å². The zero-order valence-electron chi connectivity index (χ0n) is 13.9. The number of ether oxygens (including phenoxy) is 1. The van der Waals surface area contributed by atoms with E-state index in [1.165, 1.54) is 0 Å². The molecule has 3 rings (SSSR count). The van der Waals surface area contributed by atoms with Crippen molar-refractivity contribution in [1.82, 2.24) is 9.88 Å². The molecule has 6 nitrogen and oxygen atoms in total. The molecule has 2 amide bonds. The largest absolute Gasteiger partial charge is 0.396 e. The van der Waals surface area contributed by atoms with Crippen molar-refractivity contribution in [2.75, 3.05) is 38.7 Å². The molecule has 0 bridgehead atoms. The van der Waals surface area contributed by atoms with Crippen molar-refractivity contribution in [3.8, 4) is 0 Å². The van der Waals surface area contributed by atoms with Gasteiger partial charge in [0.05, 0.1) is 12.1 Å². The van der Waals surface area contributed by atoms with E-state index in [1.807, 2.05) is 30.3 Å². The van der Waals surface area contributed by atoms with Crippen molar-refractivity contribution in [3.05, 3.63) is 36.5 Å². The number of benzene rings is 1. The molecule has 2 aromatic rings. The molecule has 0 atom stereocenters. The topological polar surface area (TPSA) is 74.7 Å². The monoisotopic (exact) mass is 329 g/mol. The van der Waals surface area contributed by atoms with Gasteiger partial charge in [0.25, 0.3) is 0 Å². The lowest BCUT2D eigenvalue weighted by atomic mass is 9.80. The van der Waals surface area contributed by atoms with E-state index >= 15 is 0 Å². The minimum Gasteiger partial charge on any atom is -0.396 e. The number of anilines is 1. The molecule has 2 heterocycles. The number of hydrogen-bond acceptors (Lipinski definition) is 4. The fourth-order valence-electron chi connectivity index (χ4n) is 3.12. The predicted octanol–water partition coefficient (Wildman–Crippen LogP) is 2.49. The first-order valence-electron chi connectivity index (χ1n) is 8.17. The zero-order valence-corrected chi connectivity index (χ0v) is 13.9. The maximum Gasteiger partial charge on any atom is 0.321 e.